The molecule has 3 nitrogen and oxygen atoms in total. The summed E-state index contributed by atoms with van der Waals surface area (Å²) in [4.78, 5) is 11.2. The summed E-state index contributed by atoms with van der Waals surface area (Å²) >= 11 is 0. The number of carbonyl (C=O) groups is 1. The Balaban J connectivity index is 2.49. The molecule has 0 heterocycles. The van der Waals surface area contributed by atoms with Gasteiger partial charge in [0.15, 0.2) is 0 Å². The van der Waals surface area contributed by atoms with Crippen LogP contribution in [0.4, 0.5) is 13.2 Å². The number of alkyl halides is 3. The summed E-state index contributed by atoms with van der Waals surface area (Å²) in [5, 5.41) is 3.05. The lowest BCUT2D eigenvalue weighted by Gasteiger charge is -2.19. The van der Waals surface area contributed by atoms with Crippen LogP contribution in [0.15, 0.2) is 30.3 Å². The first-order valence-corrected chi connectivity index (χ1v) is 6.44. The molecule has 0 aliphatic carbocycles. The lowest BCUT2D eigenvalue weighted by Crippen LogP contribution is -2.35. The van der Waals surface area contributed by atoms with Gasteiger partial charge in [0.25, 0.3) is 0 Å². The van der Waals surface area contributed by atoms with E-state index in [1.807, 2.05) is 37.3 Å². The molecule has 2 atom stereocenters. The van der Waals surface area contributed by atoms with Crippen LogP contribution >= 0.6 is 0 Å². The summed E-state index contributed by atoms with van der Waals surface area (Å²) < 4.78 is 36.5. The smallest absolute Gasteiger partial charge is 0.369 e. The monoisotopic (exact) mass is 288 g/mol. The van der Waals surface area contributed by atoms with E-state index in [9.17, 15) is 18.0 Å². The molecule has 0 radical (unpaired) electrons. The minimum absolute atomic E-state index is 0.0519. The van der Waals surface area contributed by atoms with Crippen LogP contribution in [-0.4, -0.2) is 18.6 Å². The molecule has 1 amide bonds. The predicted octanol–water partition coefficient (Wildman–Crippen LogP) is 2.78. The van der Waals surface area contributed by atoms with Gasteiger partial charge in [-0.15, -0.1) is 0 Å². The van der Waals surface area contributed by atoms with E-state index in [0.29, 0.717) is 0 Å². The van der Waals surface area contributed by atoms with Gasteiger partial charge in [-0.1, -0.05) is 30.3 Å². The largest absolute Gasteiger partial charge is 0.389 e. The Labute approximate surface area is 116 Å². The quantitative estimate of drug-likeness (QED) is 0.810. The number of amides is 1. The first-order chi connectivity index (χ1) is 9.29. The van der Waals surface area contributed by atoms with Gasteiger partial charge in [0.2, 0.25) is 5.91 Å². The van der Waals surface area contributed by atoms with Gasteiger partial charge in [0.05, 0.1) is 5.92 Å². The van der Waals surface area contributed by atoms with Crippen LogP contribution in [0, 0.1) is 5.92 Å². The number of rotatable bonds is 7. The molecule has 0 spiro atoms. The fraction of sp³-hybridized carbons (Fsp3) is 0.500. The Morgan fingerprint density at radius 1 is 1.30 bits per heavy atom. The summed E-state index contributed by atoms with van der Waals surface area (Å²) in [6, 6.07) is 9.40. The maximum Gasteiger partial charge on any atom is 0.389 e. The van der Waals surface area contributed by atoms with Crippen LogP contribution < -0.4 is 11.1 Å². The van der Waals surface area contributed by atoms with Gasteiger partial charge in [0.1, 0.15) is 0 Å². The molecule has 1 aromatic rings. The van der Waals surface area contributed by atoms with Crippen molar-refractivity contribution in [1.82, 2.24) is 5.32 Å². The van der Waals surface area contributed by atoms with Gasteiger partial charge in [-0.25, -0.2) is 0 Å². The molecule has 20 heavy (non-hydrogen) atoms. The van der Waals surface area contributed by atoms with Crippen molar-refractivity contribution in [3.8, 4) is 0 Å². The summed E-state index contributed by atoms with van der Waals surface area (Å²) in [6.07, 6.45) is -5.55. The molecule has 0 saturated heterocycles. The molecule has 0 bridgehead atoms. The maximum atomic E-state index is 12.2. The third kappa shape index (κ3) is 6.06. The average molecular weight is 288 g/mol. The number of benzene rings is 1. The van der Waals surface area contributed by atoms with Crippen molar-refractivity contribution in [3.05, 3.63) is 35.9 Å². The second-order valence-electron chi connectivity index (χ2n) is 4.79. The standard InChI is InChI=1S/C14H19F3N2O/c1-10(11-5-3-2-4-6-11)19-9-12(13(18)20)7-8-14(15,16)17/h2-6,10,12,19H,7-9H2,1H3,(H2,18,20)/t10-,12?/m1/s1. The number of hydrogen-bond acceptors (Lipinski definition) is 2. The Morgan fingerprint density at radius 3 is 2.40 bits per heavy atom. The molecule has 0 aliphatic rings. The first-order valence-electron chi connectivity index (χ1n) is 6.44. The lowest BCUT2D eigenvalue weighted by atomic mass is 10.0. The number of nitrogens with one attached hydrogen (secondary N) is 1. The Hall–Kier alpha value is -1.56. The zero-order chi connectivity index (χ0) is 15.2. The topological polar surface area (TPSA) is 55.1 Å². The number of nitrogens with two attached hydrogens (primary N) is 1. The van der Waals surface area contributed by atoms with E-state index in [0.717, 1.165) is 5.56 Å². The van der Waals surface area contributed by atoms with Gasteiger partial charge in [-0.05, 0) is 18.9 Å². The van der Waals surface area contributed by atoms with Crippen LogP contribution in [0.25, 0.3) is 0 Å². The first kappa shape index (κ1) is 16.5. The molecule has 0 aliphatic heterocycles. The second kappa shape index (κ2) is 7.28. The van der Waals surface area contributed by atoms with Gasteiger partial charge < -0.3 is 11.1 Å². The highest BCUT2D eigenvalue weighted by molar-refractivity contribution is 5.76. The number of halogens is 3. The number of carbonyl (C=O) groups excluding carboxylic acids is 1. The third-order valence-corrected chi connectivity index (χ3v) is 3.15. The predicted molar refractivity (Wildman–Crippen MR) is 70.8 cm³/mol. The van der Waals surface area contributed by atoms with Gasteiger partial charge in [-0.2, -0.15) is 13.2 Å². The second-order valence-corrected chi connectivity index (χ2v) is 4.79. The van der Waals surface area contributed by atoms with E-state index >= 15 is 0 Å². The molecule has 0 aromatic heterocycles. The third-order valence-electron chi connectivity index (χ3n) is 3.15. The van der Waals surface area contributed by atoms with Crippen LogP contribution in [0.3, 0.4) is 0 Å². The fourth-order valence-electron chi connectivity index (χ4n) is 1.86. The average Bonchev–Trinajstić information content (AvgIpc) is 2.37. The Kier molecular flexibility index (Phi) is 6.01. The van der Waals surface area contributed by atoms with E-state index < -0.39 is 24.4 Å². The summed E-state index contributed by atoms with van der Waals surface area (Å²) in [5.41, 5.74) is 6.15. The summed E-state index contributed by atoms with van der Waals surface area (Å²) in [7, 11) is 0. The Bertz CT molecular complexity index is 420. The van der Waals surface area contributed by atoms with E-state index in [1.165, 1.54) is 0 Å². The van der Waals surface area contributed by atoms with Crippen LogP contribution in [0.2, 0.25) is 0 Å². The van der Waals surface area contributed by atoms with E-state index in [-0.39, 0.29) is 19.0 Å². The van der Waals surface area contributed by atoms with Crippen molar-refractivity contribution in [2.24, 2.45) is 11.7 Å². The van der Waals surface area contributed by atoms with Crippen molar-refractivity contribution in [1.29, 1.82) is 0 Å². The minimum atomic E-state index is -4.27. The van der Waals surface area contributed by atoms with Crippen molar-refractivity contribution < 1.29 is 18.0 Å². The van der Waals surface area contributed by atoms with Gasteiger partial charge in [-0.3, -0.25) is 4.79 Å². The van der Waals surface area contributed by atoms with E-state index in [2.05, 4.69) is 5.32 Å². The highest BCUT2D eigenvalue weighted by Gasteiger charge is 2.29. The highest BCUT2D eigenvalue weighted by atomic mass is 19.4. The summed E-state index contributed by atoms with van der Waals surface area (Å²) in [6.45, 7) is 2.03. The lowest BCUT2D eigenvalue weighted by molar-refractivity contribution is -0.140. The molecule has 0 fully saturated rings. The van der Waals surface area contributed by atoms with Gasteiger partial charge in [0, 0.05) is 19.0 Å². The molecule has 3 N–H and O–H groups in total. The summed E-state index contributed by atoms with van der Waals surface area (Å²) in [5.74, 6) is -1.52. The Morgan fingerprint density at radius 2 is 1.90 bits per heavy atom. The van der Waals surface area contributed by atoms with Crippen molar-refractivity contribution >= 4 is 5.91 Å². The number of primary amides is 1. The molecular formula is C14H19F3N2O. The molecule has 1 rings (SSSR count). The SMILES string of the molecule is C[C@@H](NCC(CCC(F)(F)F)C(N)=O)c1ccccc1. The van der Waals surface area contributed by atoms with Crippen molar-refractivity contribution in [2.75, 3.05) is 6.54 Å². The minimum Gasteiger partial charge on any atom is -0.369 e. The van der Waals surface area contributed by atoms with Crippen molar-refractivity contribution in [3.63, 3.8) is 0 Å². The molecule has 6 heteroatoms. The maximum absolute atomic E-state index is 12.2. The highest BCUT2D eigenvalue weighted by Crippen LogP contribution is 2.24. The van der Waals surface area contributed by atoms with Crippen LogP contribution in [0.5, 0.6) is 0 Å². The van der Waals surface area contributed by atoms with Gasteiger partial charge >= 0.3 is 6.18 Å². The molecule has 0 saturated carbocycles. The molecule has 1 aromatic carbocycles. The van der Waals surface area contributed by atoms with E-state index in [4.69, 9.17) is 5.73 Å². The van der Waals surface area contributed by atoms with Crippen LogP contribution in [-0.2, 0) is 4.79 Å². The molecule has 112 valence electrons. The molecule has 1 unspecified atom stereocenters. The van der Waals surface area contributed by atoms with E-state index in [1.54, 1.807) is 0 Å². The van der Waals surface area contributed by atoms with Crippen molar-refractivity contribution in [2.45, 2.75) is 32.0 Å². The zero-order valence-corrected chi connectivity index (χ0v) is 11.3. The normalized spacial score (nSPS) is 14.8. The fourth-order valence-corrected chi connectivity index (χ4v) is 1.86. The number of hydrogen-bond donors (Lipinski definition) is 2. The molecular weight excluding hydrogens is 269 g/mol. The van der Waals surface area contributed by atoms with Crippen LogP contribution in [0.1, 0.15) is 31.4 Å². The zero-order valence-electron chi connectivity index (χ0n) is 11.3.